The van der Waals surface area contributed by atoms with Crippen molar-refractivity contribution in [1.82, 2.24) is 20.2 Å². The highest BCUT2D eigenvalue weighted by Gasteiger charge is 2.49. The van der Waals surface area contributed by atoms with Crippen LogP contribution in [0.25, 0.3) is 10.2 Å². The van der Waals surface area contributed by atoms with Crippen molar-refractivity contribution >= 4 is 52.3 Å². The quantitative estimate of drug-likeness (QED) is 0.714. The number of likely N-dealkylation sites (N-methyl/N-ethyl adjacent to an activating group) is 1. The molecule has 1 spiro atoms. The number of fused-ring (bicyclic) bond motifs is 1. The summed E-state index contributed by atoms with van der Waals surface area (Å²) < 4.78 is 6.30. The first-order chi connectivity index (χ1) is 12.1. The van der Waals surface area contributed by atoms with Gasteiger partial charge in [-0.25, -0.2) is 4.98 Å². The molecule has 1 atom stereocenters. The second-order valence-corrected chi connectivity index (χ2v) is 8.02. The van der Waals surface area contributed by atoms with E-state index in [1.165, 1.54) is 11.3 Å². The van der Waals surface area contributed by atoms with Crippen LogP contribution in [0.1, 0.15) is 25.1 Å². The molecule has 0 aliphatic carbocycles. The molecule has 2 aliphatic rings. The van der Waals surface area contributed by atoms with Gasteiger partial charge in [-0.3, -0.25) is 14.5 Å². The van der Waals surface area contributed by atoms with E-state index in [2.05, 4.69) is 20.2 Å². The fourth-order valence-corrected chi connectivity index (χ4v) is 4.64. The number of halogens is 2. The van der Waals surface area contributed by atoms with Crippen LogP contribution in [-0.2, 0) is 16.1 Å². The third-order valence-corrected chi connectivity index (χ3v) is 6.09. The molecule has 2 fully saturated rings. The first-order valence-electron chi connectivity index (χ1n) is 8.62. The SMILES string of the molecule is CN(Cc1nc2ccsc2c(=O)[nH]1)CC1CC2(CCNCC2)C(=O)O1.Cl.Cl. The minimum Gasteiger partial charge on any atom is -0.461 e. The highest BCUT2D eigenvalue weighted by Crippen LogP contribution is 2.41. The molecule has 0 bridgehead atoms. The number of hydrogen-bond donors (Lipinski definition) is 2. The summed E-state index contributed by atoms with van der Waals surface area (Å²) in [6.07, 6.45) is 2.41. The van der Waals surface area contributed by atoms with Crippen molar-refractivity contribution in [2.45, 2.75) is 31.9 Å². The smallest absolute Gasteiger partial charge is 0.312 e. The van der Waals surface area contributed by atoms with Gasteiger partial charge in [0, 0.05) is 13.0 Å². The number of nitrogens with zero attached hydrogens (tertiary/aromatic N) is 2. The predicted molar refractivity (Wildman–Crippen MR) is 110 cm³/mol. The Kier molecular flexibility index (Phi) is 7.27. The van der Waals surface area contributed by atoms with Gasteiger partial charge in [0.25, 0.3) is 5.56 Å². The molecule has 2 N–H and O–H groups in total. The first-order valence-corrected chi connectivity index (χ1v) is 9.50. The Balaban J connectivity index is 0.00000131. The van der Waals surface area contributed by atoms with Gasteiger partial charge in [0.1, 0.15) is 16.6 Å². The van der Waals surface area contributed by atoms with Crippen LogP contribution in [0.15, 0.2) is 16.2 Å². The van der Waals surface area contributed by atoms with Crippen molar-refractivity contribution in [3.8, 4) is 0 Å². The Bertz CT molecular complexity index is 850. The zero-order chi connectivity index (χ0) is 17.4. The van der Waals surface area contributed by atoms with Crippen LogP contribution in [0.2, 0.25) is 0 Å². The van der Waals surface area contributed by atoms with Gasteiger partial charge in [-0.15, -0.1) is 36.2 Å². The molecule has 2 aliphatic heterocycles. The molecule has 0 amide bonds. The predicted octanol–water partition coefficient (Wildman–Crippen LogP) is 1.95. The maximum Gasteiger partial charge on any atom is 0.312 e. The van der Waals surface area contributed by atoms with E-state index in [9.17, 15) is 9.59 Å². The number of rotatable bonds is 4. The molecule has 10 heteroatoms. The Morgan fingerprint density at radius 3 is 2.81 bits per heavy atom. The molecule has 0 radical (unpaired) electrons. The Morgan fingerprint density at radius 1 is 1.33 bits per heavy atom. The van der Waals surface area contributed by atoms with E-state index in [4.69, 9.17) is 4.74 Å². The summed E-state index contributed by atoms with van der Waals surface area (Å²) in [6, 6.07) is 1.86. The van der Waals surface area contributed by atoms with Crippen molar-refractivity contribution in [3.05, 3.63) is 27.6 Å². The van der Waals surface area contributed by atoms with Gasteiger partial charge in [-0.1, -0.05) is 0 Å². The van der Waals surface area contributed by atoms with Crippen molar-refractivity contribution in [2.75, 3.05) is 26.7 Å². The second-order valence-electron chi connectivity index (χ2n) is 7.11. The minimum absolute atomic E-state index is 0. The van der Waals surface area contributed by atoms with Gasteiger partial charge in [0.05, 0.1) is 17.5 Å². The average molecular weight is 435 g/mol. The van der Waals surface area contributed by atoms with E-state index in [1.54, 1.807) is 0 Å². The lowest BCUT2D eigenvalue weighted by molar-refractivity contribution is -0.150. The normalized spacial score (nSPS) is 21.1. The highest BCUT2D eigenvalue weighted by molar-refractivity contribution is 7.17. The number of nitrogens with one attached hydrogen (secondary N) is 2. The fraction of sp³-hybridized carbons (Fsp3) is 0.588. The van der Waals surface area contributed by atoms with Crippen molar-refractivity contribution in [1.29, 1.82) is 0 Å². The lowest BCUT2D eigenvalue weighted by Gasteiger charge is -2.29. The number of carbonyl (C=O) groups is 1. The molecular formula is C17H24Cl2N4O3S. The number of aromatic nitrogens is 2. The van der Waals surface area contributed by atoms with Crippen LogP contribution >= 0.6 is 36.2 Å². The van der Waals surface area contributed by atoms with Crippen molar-refractivity contribution in [2.24, 2.45) is 5.41 Å². The van der Waals surface area contributed by atoms with Crippen molar-refractivity contribution < 1.29 is 9.53 Å². The average Bonchev–Trinajstić information content (AvgIpc) is 3.14. The number of carbonyl (C=O) groups excluding carboxylic acids is 1. The number of piperidine rings is 1. The summed E-state index contributed by atoms with van der Waals surface area (Å²) in [5.41, 5.74) is 0.348. The van der Waals surface area contributed by atoms with Crippen LogP contribution in [0.3, 0.4) is 0 Å². The maximum absolute atomic E-state index is 12.3. The van der Waals surface area contributed by atoms with E-state index in [0.29, 0.717) is 23.6 Å². The van der Waals surface area contributed by atoms with E-state index in [-0.39, 0.29) is 47.9 Å². The monoisotopic (exact) mass is 434 g/mol. The number of aromatic amines is 1. The standard InChI is InChI=1S/C17H22N4O3S.2ClH/c1-21(10-13-19-12-2-7-25-14(12)15(22)20-13)9-11-8-17(16(23)24-11)3-5-18-6-4-17;;/h2,7,11,18H,3-6,8-10H2,1H3,(H,19,20,22);2*1H. The molecule has 2 aromatic heterocycles. The van der Waals surface area contributed by atoms with Crippen LogP contribution in [0.5, 0.6) is 0 Å². The number of esters is 1. The fourth-order valence-electron chi connectivity index (χ4n) is 3.92. The molecule has 2 saturated heterocycles. The lowest BCUT2D eigenvalue weighted by Crippen LogP contribution is -2.39. The zero-order valence-corrected chi connectivity index (χ0v) is 17.5. The summed E-state index contributed by atoms with van der Waals surface area (Å²) in [5, 5.41) is 5.17. The number of ether oxygens (including phenoxy) is 1. The van der Waals surface area contributed by atoms with Crippen LogP contribution < -0.4 is 10.9 Å². The van der Waals surface area contributed by atoms with Gasteiger partial charge in [-0.05, 0) is 44.4 Å². The Labute approximate surface area is 173 Å². The molecule has 0 saturated carbocycles. The first kappa shape index (κ1) is 22.1. The molecule has 4 rings (SSSR count). The summed E-state index contributed by atoms with van der Waals surface area (Å²) in [4.78, 5) is 33.8. The number of hydrogen-bond acceptors (Lipinski definition) is 7. The maximum atomic E-state index is 12.3. The van der Waals surface area contributed by atoms with E-state index < -0.39 is 0 Å². The van der Waals surface area contributed by atoms with E-state index in [1.807, 2.05) is 18.5 Å². The molecule has 150 valence electrons. The summed E-state index contributed by atoms with van der Waals surface area (Å²) in [6.45, 7) is 2.92. The van der Waals surface area contributed by atoms with Crippen molar-refractivity contribution in [3.63, 3.8) is 0 Å². The van der Waals surface area contributed by atoms with E-state index in [0.717, 1.165) is 37.9 Å². The number of cyclic esters (lactones) is 1. The minimum atomic E-state index is -0.293. The van der Waals surface area contributed by atoms with Crippen LogP contribution in [0.4, 0.5) is 0 Å². The summed E-state index contributed by atoms with van der Waals surface area (Å²) in [5.74, 6) is 0.595. The zero-order valence-electron chi connectivity index (χ0n) is 15.0. The van der Waals surface area contributed by atoms with Gasteiger partial charge in [-0.2, -0.15) is 0 Å². The molecule has 2 aromatic rings. The topological polar surface area (TPSA) is 87.3 Å². The third kappa shape index (κ3) is 4.46. The van der Waals surface area contributed by atoms with Crippen LogP contribution in [-0.4, -0.2) is 53.6 Å². The second kappa shape index (κ2) is 8.87. The van der Waals surface area contributed by atoms with Gasteiger partial charge >= 0.3 is 5.97 Å². The van der Waals surface area contributed by atoms with E-state index >= 15 is 0 Å². The number of H-pyrrole nitrogens is 1. The summed E-state index contributed by atoms with van der Waals surface area (Å²) >= 11 is 1.40. The van der Waals surface area contributed by atoms with Gasteiger partial charge < -0.3 is 15.0 Å². The van der Waals surface area contributed by atoms with Crippen LogP contribution in [0, 0.1) is 5.41 Å². The molecule has 4 heterocycles. The Hall–Kier alpha value is -1.19. The Morgan fingerprint density at radius 2 is 2.07 bits per heavy atom. The molecule has 0 aromatic carbocycles. The lowest BCUT2D eigenvalue weighted by atomic mass is 9.76. The number of thiophene rings is 1. The van der Waals surface area contributed by atoms with Gasteiger partial charge in [0.15, 0.2) is 0 Å². The molecule has 1 unspecified atom stereocenters. The summed E-state index contributed by atoms with van der Waals surface area (Å²) in [7, 11) is 1.96. The molecule has 7 nitrogen and oxygen atoms in total. The highest BCUT2D eigenvalue weighted by atomic mass is 35.5. The van der Waals surface area contributed by atoms with Gasteiger partial charge in [0.2, 0.25) is 0 Å². The largest absolute Gasteiger partial charge is 0.461 e. The molecular weight excluding hydrogens is 411 g/mol. The third-order valence-electron chi connectivity index (χ3n) is 5.18. The molecule has 27 heavy (non-hydrogen) atoms.